The minimum atomic E-state index is -0.314. The number of nitrogens with two attached hydrogens (primary N) is 1. The van der Waals surface area contributed by atoms with Crippen molar-refractivity contribution in [3.8, 4) is 23.2 Å². The summed E-state index contributed by atoms with van der Waals surface area (Å²) in [6, 6.07) is 26.0. The number of aryl methyl sites for hydroxylation is 2. The van der Waals surface area contributed by atoms with Crippen LogP contribution < -0.4 is 11.1 Å². The normalized spacial score (nSPS) is 11.1. The van der Waals surface area contributed by atoms with Crippen LogP contribution in [0.3, 0.4) is 0 Å². The molecule has 0 aliphatic heterocycles. The highest BCUT2D eigenvalue weighted by atomic mass is 35.5. The highest BCUT2D eigenvalue weighted by Gasteiger charge is 2.20. The van der Waals surface area contributed by atoms with Gasteiger partial charge in [-0.3, -0.25) is 24.3 Å². The number of nitrogens with one attached hydrogen (secondary N) is 1. The molecule has 0 bridgehead atoms. The van der Waals surface area contributed by atoms with E-state index in [9.17, 15) is 9.59 Å². The fraction of sp³-hybridized carbons (Fsp3) is 0.105. The first kappa shape index (κ1) is 36.3. The minimum Gasteiger partial charge on any atom is -0.461 e. The second kappa shape index (κ2) is 15.6. The summed E-state index contributed by atoms with van der Waals surface area (Å²) in [6.45, 7) is 0. The molecule has 0 unspecified atom stereocenters. The quantitative estimate of drug-likeness (QED) is 0.196. The molecule has 0 atom stereocenters. The van der Waals surface area contributed by atoms with Crippen LogP contribution in [0.1, 0.15) is 11.1 Å². The van der Waals surface area contributed by atoms with E-state index in [1.807, 2.05) is 80.1 Å². The van der Waals surface area contributed by atoms with E-state index in [4.69, 9.17) is 26.2 Å². The third-order valence-corrected chi connectivity index (χ3v) is 8.43. The summed E-state index contributed by atoms with van der Waals surface area (Å²) in [5.41, 5.74) is 9.91. The Morgan fingerprint density at radius 2 is 1.16 bits per heavy atom. The monoisotopic (exact) mass is 782 g/mol. The topological polar surface area (TPSA) is 220 Å². The predicted octanol–water partition coefficient (Wildman–Crippen LogP) is 5.30. The van der Waals surface area contributed by atoms with Gasteiger partial charge in [-0.1, -0.05) is 60.7 Å². The number of hydrogen-bond donors (Lipinski definition) is 2. The van der Waals surface area contributed by atoms with E-state index in [0.717, 1.165) is 21.9 Å². The highest BCUT2D eigenvalue weighted by Crippen LogP contribution is 2.25. The third kappa shape index (κ3) is 7.91. The van der Waals surface area contributed by atoms with Crippen molar-refractivity contribution in [3.05, 3.63) is 121 Å². The van der Waals surface area contributed by atoms with Crippen LogP contribution in [-0.4, -0.2) is 69.9 Å². The van der Waals surface area contributed by atoms with Gasteiger partial charge in [0.1, 0.15) is 0 Å². The first-order valence-corrected chi connectivity index (χ1v) is 17.7. The zero-order valence-electron chi connectivity index (χ0n) is 30.3. The van der Waals surface area contributed by atoms with Crippen LogP contribution in [0, 0.1) is 0 Å². The number of carbonyl (C=O) groups excluding carboxylic acids is 2. The summed E-state index contributed by atoms with van der Waals surface area (Å²) in [6.07, 6.45) is 7.32. The molecular weight excluding hydrogens is 752 g/mol. The zero-order valence-corrected chi connectivity index (χ0v) is 31.0. The Morgan fingerprint density at radius 3 is 1.68 bits per heavy atom. The molecule has 18 nitrogen and oxygen atoms in total. The molecule has 10 rings (SSSR count). The first-order valence-electron chi connectivity index (χ1n) is 17.3. The molecule has 0 spiro atoms. The van der Waals surface area contributed by atoms with Gasteiger partial charge in [-0.05, 0) is 47.0 Å². The smallest absolute Gasteiger partial charge is 0.234 e. The van der Waals surface area contributed by atoms with Gasteiger partial charge >= 0.3 is 0 Å². The number of furan rings is 2. The van der Waals surface area contributed by atoms with Crippen molar-refractivity contribution < 1.29 is 18.4 Å². The lowest BCUT2D eigenvalue weighted by Gasteiger charge is -2.06. The lowest BCUT2D eigenvalue weighted by molar-refractivity contribution is -0.115. The summed E-state index contributed by atoms with van der Waals surface area (Å²) in [5.74, 6) is 2.28. The van der Waals surface area contributed by atoms with Gasteiger partial charge in [0.2, 0.25) is 34.7 Å². The summed E-state index contributed by atoms with van der Waals surface area (Å²) >= 11 is 5.17. The molecule has 0 radical (unpaired) electrons. The van der Waals surface area contributed by atoms with Crippen molar-refractivity contribution in [1.82, 2.24) is 58.7 Å². The molecule has 57 heavy (non-hydrogen) atoms. The molecule has 8 heterocycles. The van der Waals surface area contributed by atoms with E-state index >= 15 is 0 Å². The fourth-order valence-electron chi connectivity index (χ4n) is 5.83. The molecule has 19 heteroatoms. The van der Waals surface area contributed by atoms with Crippen LogP contribution in [0.25, 0.3) is 56.5 Å². The minimum absolute atomic E-state index is 0.203. The Balaban J connectivity index is 0.000000135. The summed E-state index contributed by atoms with van der Waals surface area (Å²) < 4.78 is 17.0. The third-order valence-electron chi connectivity index (χ3n) is 8.29. The maximum Gasteiger partial charge on any atom is 0.234 e. The van der Waals surface area contributed by atoms with Crippen molar-refractivity contribution in [2.24, 2.45) is 14.1 Å². The van der Waals surface area contributed by atoms with E-state index < -0.39 is 0 Å². The van der Waals surface area contributed by atoms with E-state index in [0.29, 0.717) is 52.2 Å². The standard InChI is InChI=1S/C19H15N7O2.C11H9N7O.C8H7ClO/c1-25-11-13-16(23-25)22-19(20-15(27)10-12-6-3-2-4-7-12)26-18(13)21-17(24-26)14-8-5-9-28-14;1-17-5-6-8(15-17)14-11(12)18-10(6)13-9(16-18)7-3-2-4-19-7;9-8(10)6-7-4-2-1-3-5-7/h2-9,11H,10H2,1H3,(H,20,22,23,27);2-5H,1H3,(H2,12,14,15);1-5H,6H2. The van der Waals surface area contributed by atoms with Crippen LogP contribution in [0.15, 0.2) is 119 Å². The second-order valence-electron chi connectivity index (χ2n) is 12.5. The Bertz CT molecular complexity index is 2970. The van der Waals surface area contributed by atoms with Crippen molar-refractivity contribution >= 4 is 68.0 Å². The summed E-state index contributed by atoms with van der Waals surface area (Å²) in [5, 5.41) is 21.4. The van der Waals surface area contributed by atoms with Crippen LogP contribution in [0.2, 0.25) is 0 Å². The number of hydrogen-bond acceptors (Lipinski definition) is 13. The van der Waals surface area contributed by atoms with Crippen molar-refractivity contribution in [1.29, 1.82) is 0 Å². The van der Waals surface area contributed by atoms with Crippen molar-refractivity contribution in [2.45, 2.75) is 12.8 Å². The Hall–Kier alpha value is -7.73. The lowest BCUT2D eigenvalue weighted by Crippen LogP contribution is -2.18. The number of fused-ring (bicyclic) bond motifs is 6. The molecule has 0 fully saturated rings. The zero-order chi connectivity index (χ0) is 39.5. The van der Waals surface area contributed by atoms with Crippen LogP contribution in [-0.2, 0) is 36.5 Å². The molecule has 0 aliphatic rings. The number of benzene rings is 2. The van der Waals surface area contributed by atoms with Crippen LogP contribution in [0.5, 0.6) is 0 Å². The number of amides is 1. The molecule has 8 aromatic heterocycles. The second-order valence-corrected chi connectivity index (χ2v) is 12.9. The van der Waals surface area contributed by atoms with Gasteiger partial charge in [0, 0.05) is 32.9 Å². The SMILES string of the molecule is Cn1cc2c(nc(N)n3nc(-c4ccco4)nc23)n1.Cn1cc2c(nc(NC(=O)Cc3ccccc3)n3nc(-c4ccco4)nc23)n1.O=C(Cl)Cc1ccccc1. The fourth-order valence-corrected chi connectivity index (χ4v) is 5.98. The van der Waals surface area contributed by atoms with Crippen LogP contribution >= 0.6 is 11.6 Å². The lowest BCUT2D eigenvalue weighted by atomic mass is 10.1. The van der Waals surface area contributed by atoms with Gasteiger partial charge in [0.25, 0.3) is 0 Å². The molecule has 2 aromatic carbocycles. The number of rotatable bonds is 7. The molecule has 284 valence electrons. The Labute approximate surface area is 326 Å². The van der Waals surface area contributed by atoms with Gasteiger partial charge in [0.05, 0.1) is 29.7 Å². The number of aromatic nitrogens is 12. The number of nitrogens with zero attached hydrogens (tertiary/aromatic N) is 12. The number of anilines is 2. The van der Waals surface area contributed by atoms with Crippen molar-refractivity contribution in [3.63, 3.8) is 0 Å². The van der Waals surface area contributed by atoms with E-state index in [1.54, 1.807) is 53.2 Å². The van der Waals surface area contributed by atoms with E-state index in [-0.39, 0.29) is 29.5 Å². The average molecular weight is 783 g/mol. The Morgan fingerprint density at radius 1 is 0.649 bits per heavy atom. The van der Waals surface area contributed by atoms with Crippen LogP contribution in [0.4, 0.5) is 11.9 Å². The largest absolute Gasteiger partial charge is 0.461 e. The number of nitrogen functional groups attached to an aromatic ring is 1. The van der Waals surface area contributed by atoms with E-state index in [2.05, 4.69) is 45.6 Å². The molecular formula is C38H31ClN14O4. The maximum absolute atomic E-state index is 12.5. The molecule has 0 saturated carbocycles. The first-order chi connectivity index (χ1) is 27.7. The molecule has 0 saturated heterocycles. The van der Waals surface area contributed by atoms with Gasteiger partial charge in [-0.25, -0.2) is 9.97 Å². The number of halogens is 1. The van der Waals surface area contributed by atoms with Crippen molar-refractivity contribution in [2.75, 3.05) is 11.1 Å². The molecule has 1 amide bonds. The maximum atomic E-state index is 12.5. The van der Waals surface area contributed by atoms with Gasteiger partial charge < -0.3 is 14.6 Å². The average Bonchev–Trinajstić information content (AvgIpc) is 4.03. The van der Waals surface area contributed by atoms with Gasteiger partial charge in [-0.2, -0.15) is 29.2 Å². The Kier molecular flexibility index (Phi) is 9.89. The molecule has 0 aliphatic carbocycles. The summed E-state index contributed by atoms with van der Waals surface area (Å²) in [4.78, 5) is 40.6. The van der Waals surface area contributed by atoms with E-state index in [1.165, 1.54) is 9.03 Å². The van der Waals surface area contributed by atoms with Gasteiger partial charge in [-0.15, -0.1) is 10.2 Å². The molecule has 3 N–H and O–H groups in total. The summed E-state index contributed by atoms with van der Waals surface area (Å²) in [7, 11) is 3.62. The van der Waals surface area contributed by atoms with Gasteiger partial charge in [0.15, 0.2) is 34.1 Å². The highest BCUT2D eigenvalue weighted by molar-refractivity contribution is 6.63. The number of carbonyl (C=O) groups is 2. The molecule has 10 aromatic rings. The predicted molar refractivity (Wildman–Crippen MR) is 210 cm³/mol.